The Balaban J connectivity index is 0.000000168. The number of pyridine rings is 1. The molecule has 5 heterocycles. The minimum Gasteiger partial charge on any atom is -0.436 e. The van der Waals surface area contributed by atoms with Crippen LogP contribution in [0.25, 0.3) is 50.0 Å². The molecule has 8 aromatic rings. The summed E-state index contributed by atoms with van der Waals surface area (Å²) in [6.07, 6.45) is 4.88. The van der Waals surface area contributed by atoms with E-state index in [1.807, 2.05) is 42.6 Å². The second-order valence-corrected chi connectivity index (χ2v) is 17.3. The minimum absolute atomic E-state index is 0. The van der Waals surface area contributed by atoms with Gasteiger partial charge in [0, 0.05) is 70.0 Å². The molecule has 56 heavy (non-hydrogen) atoms. The number of anilines is 1. The molecular formula is C49H46BIrN5-2. The van der Waals surface area contributed by atoms with Crippen LogP contribution in [0.5, 0.6) is 0 Å². The third kappa shape index (κ3) is 4.77. The van der Waals surface area contributed by atoms with E-state index in [9.17, 15) is 0 Å². The fourth-order valence-electron chi connectivity index (χ4n) is 10.6. The zero-order valence-electron chi connectivity index (χ0n) is 36.2. The Morgan fingerprint density at radius 3 is 2.36 bits per heavy atom. The smallest absolute Gasteiger partial charge is 0.399 e. The number of aromatic nitrogens is 4. The van der Waals surface area contributed by atoms with Crippen molar-refractivity contribution in [3.05, 3.63) is 149 Å². The molecule has 5 nitrogen and oxygen atoms in total. The maximum absolute atomic E-state index is 8.39. The van der Waals surface area contributed by atoms with Gasteiger partial charge >= 0.3 is 6.98 Å². The van der Waals surface area contributed by atoms with Gasteiger partial charge in [-0.3, -0.25) is 9.97 Å². The number of fused-ring (bicyclic) bond motifs is 8. The van der Waals surface area contributed by atoms with Gasteiger partial charge in [0.1, 0.15) is 0 Å². The van der Waals surface area contributed by atoms with E-state index < -0.39 is 6.85 Å². The van der Waals surface area contributed by atoms with Gasteiger partial charge in [0.15, 0.2) is 0 Å². The summed E-state index contributed by atoms with van der Waals surface area (Å²) >= 11 is 0. The van der Waals surface area contributed by atoms with Gasteiger partial charge in [-0.1, -0.05) is 123 Å². The third-order valence-electron chi connectivity index (χ3n) is 13.4. The van der Waals surface area contributed by atoms with E-state index in [-0.39, 0.29) is 43.3 Å². The molecule has 0 amide bonds. The number of benzene rings is 5. The van der Waals surface area contributed by atoms with Crippen LogP contribution in [0.1, 0.15) is 78.7 Å². The zero-order valence-corrected chi connectivity index (χ0v) is 35.6. The summed E-state index contributed by atoms with van der Waals surface area (Å²) in [6.45, 7) is 14.0. The topological polar surface area (TPSA) is 38.4 Å². The molecule has 11 rings (SSSR count). The van der Waals surface area contributed by atoms with Crippen molar-refractivity contribution in [2.24, 2.45) is 0 Å². The zero-order chi connectivity index (χ0) is 40.7. The quantitative estimate of drug-likeness (QED) is 0.0936. The molecule has 0 spiro atoms. The molecule has 1 aliphatic carbocycles. The molecule has 0 bridgehead atoms. The fraction of sp³-hybridized carbons (Fsp3) is 0.265. The number of hydrogen-bond donors (Lipinski definition) is 0. The molecular weight excluding hydrogens is 862 g/mol. The van der Waals surface area contributed by atoms with Crippen LogP contribution in [0.4, 0.5) is 5.69 Å². The summed E-state index contributed by atoms with van der Waals surface area (Å²) in [5.74, 6) is 0.987. The van der Waals surface area contributed by atoms with Crippen LogP contribution in [0.15, 0.2) is 103 Å². The summed E-state index contributed by atoms with van der Waals surface area (Å²) in [6, 6.07) is 37.8. The van der Waals surface area contributed by atoms with Gasteiger partial charge in [-0.2, -0.15) is 0 Å². The van der Waals surface area contributed by atoms with E-state index in [0.29, 0.717) is 5.56 Å². The molecule has 1 atom stereocenters. The average Bonchev–Trinajstić information content (AvgIpc) is 3.83. The van der Waals surface area contributed by atoms with E-state index in [2.05, 4.69) is 147 Å². The van der Waals surface area contributed by atoms with Crippen molar-refractivity contribution in [2.45, 2.75) is 78.0 Å². The third-order valence-corrected chi connectivity index (χ3v) is 13.4. The predicted octanol–water partition coefficient (Wildman–Crippen LogP) is 10.3. The molecule has 0 saturated heterocycles. The van der Waals surface area contributed by atoms with Crippen LogP contribution in [0.2, 0.25) is 0 Å². The second-order valence-electron chi connectivity index (χ2n) is 17.3. The first-order valence-corrected chi connectivity index (χ1v) is 19.3. The maximum Gasteiger partial charge on any atom is 0.399 e. The molecule has 3 aliphatic rings. The average molecular weight is 911 g/mol. The van der Waals surface area contributed by atoms with Crippen LogP contribution in [0, 0.1) is 32.8 Å². The normalized spacial score (nSPS) is 19.2. The summed E-state index contributed by atoms with van der Waals surface area (Å²) in [5, 5.41) is 2.58. The van der Waals surface area contributed by atoms with Gasteiger partial charge in [0.2, 0.25) is 0 Å². The second kappa shape index (κ2) is 12.5. The largest absolute Gasteiger partial charge is 0.436 e. The Kier molecular flexibility index (Phi) is 7.42. The number of hydrogen-bond acceptors (Lipinski definition) is 3. The predicted molar refractivity (Wildman–Crippen MR) is 229 cm³/mol. The SMILES string of the molecule is Cc1cccc(C)c1B1N(C)c2ccc[c-]c2-c2nccn21.[2H]C([2H])([2H])c1ccc2c3c1c1ccc[c-]c1c1nc4c(n13)C(C)(CC(C)(C)c1ccccc1-4)C2(C)C.[Ir]. The number of rotatable bonds is 1. The van der Waals surface area contributed by atoms with Crippen molar-refractivity contribution >= 4 is 45.5 Å². The van der Waals surface area contributed by atoms with Crippen LogP contribution >= 0.6 is 0 Å². The number of imidazole rings is 2. The first-order chi connectivity index (χ1) is 27.6. The molecule has 1 unspecified atom stereocenters. The van der Waals surface area contributed by atoms with Crippen LogP contribution in [-0.4, -0.2) is 32.9 Å². The Bertz CT molecular complexity index is 3000. The van der Waals surface area contributed by atoms with Gasteiger partial charge in [-0.05, 0) is 61.6 Å². The summed E-state index contributed by atoms with van der Waals surface area (Å²) in [5.41, 5.74) is 13.7. The van der Waals surface area contributed by atoms with Crippen LogP contribution in [-0.2, 0) is 36.4 Å². The van der Waals surface area contributed by atoms with E-state index >= 15 is 0 Å². The van der Waals surface area contributed by atoms with Crippen LogP contribution < -0.4 is 10.3 Å². The standard InChI is InChI=1S/C31H29N2.C18H17BN3.Ir/c1-18-15-16-23-26-24(18)19-11-7-8-12-20(19)28-32-25-21-13-9-10-14-22(21)29(2,3)17-31(6,30(23,4)5)27(25)33(26)28;1-13-7-6-8-14(2)17(13)19-21(3)16-10-5-4-9-15(16)18-20-11-12-22(18)19;/h7-11,13-16H,17H2,1-6H3;4-8,10-12H,1-3H3;/q2*-1;/i1D3;;. The molecule has 0 fully saturated rings. The van der Waals surface area contributed by atoms with Crippen molar-refractivity contribution in [1.29, 1.82) is 0 Å². The van der Waals surface area contributed by atoms with Crippen molar-refractivity contribution in [2.75, 3.05) is 11.9 Å². The molecule has 3 aromatic heterocycles. The summed E-state index contributed by atoms with van der Waals surface area (Å²) in [4.78, 5) is 12.3. The molecule has 0 saturated carbocycles. The van der Waals surface area contributed by atoms with Crippen molar-refractivity contribution in [1.82, 2.24) is 18.8 Å². The molecule has 5 aromatic carbocycles. The Hall–Kier alpha value is -4.97. The first kappa shape index (κ1) is 33.2. The first-order valence-electron chi connectivity index (χ1n) is 20.8. The van der Waals surface area contributed by atoms with E-state index in [1.165, 1.54) is 44.7 Å². The Morgan fingerprint density at radius 1 is 0.821 bits per heavy atom. The van der Waals surface area contributed by atoms with Gasteiger partial charge < -0.3 is 13.7 Å². The van der Waals surface area contributed by atoms with E-state index in [1.54, 1.807) is 0 Å². The van der Waals surface area contributed by atoms with Crippen molar-refractivity contribution in [3.63, 3.8) is 0 Å². The monoisotopic (exact) mass is 911 g/mol. The van der Waals surface area contributed by atoms with E-state index in [4.69, 9.17) is 9.10 Å². The van der Waals surface area contributed by atoms with Crippen LogP contribution in [0.3, 0.4) is 0 Å². The Morgan fingerprint density at radius 2 is 1.57 bits per heavy atom. The summed E-state index contributed by atoms with van der Waals surface area (Å²) in [7, 11) is 2.14. The minimum atomic E-state index is -2.23. The Labute approximate surface area is 348 Å². The molecule has 281 valence electrons. The molecule has 1 radical (unpaired) electrons. The van der Waals surface area contributed by atoms with Gasteiger partial charge in [0.25, 0.3) is 0 Å². The van der Waals surface area contributed by atoms with E-state index in [0.717, 1.165) is 50.8 Å². The van der Waals surface area contributed by atoms with Gasteiger partial charge in [-0.25, -0.2) is 0 Å². The number of aryl methyl sites for hydroxylation is 3. The van der Waals surface area contributed by atoms with Crippen molar-refractivity contribution < 1.29 is 24.2 Å². The van der Waals surface area contributed by atoms with Crippen molar-refractivity contribution in [3.8, 4) is 22.6 Å². The molecule has 0 N–H and O–H groups in total. The molecule has 2 aliphatic heterocycles. The van der Waals surface area contributed by atoms with Gasteiger partial charge in [-0.15, -0.1) is 53.9 Å². The molecule has 7 heteroatoms. The van der Waals surface area contributed by atoms with Gasteiger partial charge in [0.05, 0.1) is 11.3 Å². The summed E-state index contributed by atoms with van der Waals surface area (Å²) < 4.78 is 29.7. The number of nitrogens with zero attached hydrogens (tertiary/aromatic N) is 5. The fourth-order valence-corrected chi connectivity index (χ4v) is 10.6. The maximum atomic E-state index is 8.39.